The molecule has 1 amide bonds. The second-order valence-electron chi connectivity index (χ2n) is 6.12. The highest BCUT2D eigenvalue weighted by Gasteiger charge is 2.32. The van der Waals surface area contributed by atoms with Gasteiger partial charge in [0.15, 0.2) is 5.78 Å². The van der Waals surface area contributed by atoms with E-state index in [0.717, 1.165) is 5.56 Å². The molecule has 0 spiro atoms. The van der Waals surface area contributed by atoms with Gasteiger partial charge in [0.2, 0.25) is 0 Å². The molecule has 0 bridgehead atoms. The van der Waals surface area contributed by atoms with Gasteiger partial charge in [-0.1, -0.05) is 30.3 Å². The molecule has 1 aromatic carbocycles. The van der Waals surface area contributed by atoms with E-state index in [0.29, 0.717) is 13.0 Å². The van der Waals surface area contributed by atoms with Crippen molar-refractivity contribution in [1.29, 1.82) is 0 Å². The Hall–Kier alpha value is -1.84. The van der Waals surface area contributed by atoms with Crippen molar-refractivity contribution < 1.29 is 14.3 Å². The summed E-state index contributed by atoms with van der Waals surface area (Å²) in [7, 11) is 0. The SMILES string of the molecule is CC(C)(C)OC(=O)N1CC[C@@H](c2ccccc2)C(=O)C1. The van der Waals surface area contributed by atoms with E-state index >= 15 is 0 Å². The zero-order chi connectivity index (χ0) is 14.8. The third-order valence-corrected chi connectivity index (χ3v) is 3.28. The fourth-order valence-electron chi connectivity index (χ4n) is 2.34. The van der Waals surface area contributed by atoms with Crippen LogP contribution in [0.5, 0.6) is 0 Å². The van der Waals surface area contributed by atoms with Crippen molar-refractivity contribution in [2.24, 2.45) is 0 Å². The predicted molar refractivity (Wildman–Crippen MR) is 76.6 cm³/mol. The van der Waals surface area contributed by atoms with Crippen LogP contribution < -0.4 is 0 Å². The lowest BCUT2D eigenvalue weighted by molar-refractivity contribution is -0.123. The molecular weight excluding hydrogens is 254 g/mol. The van der Waals surface area contributed by atoms with Crippen molar-refractivity contribution in [1.82, 2.24) is 4.90 Å². The van der Waals surface area contributed by atoms with Crippen molar-refractivity contribution in [2.75, 3.05) is 13.1 Å². The molecule has 0 N–H and O–H groups in total. The predicted octanol–water partition coefficient (Wildman–Crippen LogP) is 2.98. The van der Waals surface area contributed by atoms with Crippen molar-refractivity contribution in [3.8, 4) is 0 Å². The summed E-state index contributed by atoms with van der Waals surface area (Å²) in [6, 6.07) is 9.73. The van der Waals surface area contributed by atoms with Crippen LogP contribution in [-0.4, -0.2) is 35.5 Å². The van der Waals surface area contributed by atoms with Gasteiger partial charge in [-0.3, -0.25) is 4.79 Å². The van der Waals surface area contributed by atoms with E-state index in [1.54, 1.807) is 0 Å². The second kappa shape index (κ2) is 5.65. The molecule has 0 unspecified atom stereocenters. The number of likely N-dealkylation sites (tertiary alicyclic amines) is 1. The Kier molecular flexibility index (Phi) is 4.12. The Morgan fingerprint density at radius 3 is 2.45 bits per heavy atom. The molecule has 0 radical (unpaired) electrons. The van der Waals surface area contributed by atoms with E-state index in [1.807, 2.05) is 51.1 Å². The quantitative estimate of drug-likeness (QED) is 0.791. The van der Waals surface area contributed by atoms with Gasteiger partial charge in [-0.05, 0) is 32.8 Å². The summed E-state index contributed by atoms with van der Waals surface area (Å²) in [6.45, 7) is 6.16. The first-order valence-corrected chi connectivity index (χ1v) is 6.92. The van der Waals surface area contributed by atoms with E-state index in [2.05, 4.69) is 0 Å². The Bertz CT molecular complexity index is 490. The monoisotopic (exact) mass is 275 g/mol. The van der Waals surface area contributed by atoms with Gasteiger partial charge >= 0.3 is 6.09 Å². The minimum atomic E-state index is -0.531. The zero-order valence-electron chi connectivity index (χ0n) is 12.3. The van der Waals surface area contributed by atoms with E-state index in [4.69, 9.17) is 4.74 Å². The highest BCUT2D eigenvalue weighted by Crippen LogP contribution is 2.26. The van der Waals surface area contributed by atoms with Crippen LogP contribution in [0.4, 0.5) is 4.79 Å². The number of Topliss-reactive ketones (excluding diaryl/α,β-unsaturated/α-hetero) is 1. The summed E-state index contributed by atoms with van der Waals surface area (Å²) in [5, 5.41) is 0. The third-order valence-electron chi connectivity index (χ3n) is 3.28. The Labute approximate surface area is 119 Å². The summed E-state index contributed by atoms with van der Waals surface area (Å²) in [4.78, 5) is 25.7. The molecule has 0 aromatic heterocycles. The number of ether oxygens (including phenoxy) is 1. The molecule has 2 rings (SSSR count). The molecule has 20 heavy (non-hydrogen) atoms. The van der Waals surface area contributed by atoms with Crippen molar-refractivity contribution in [3.63, 3.8) is 0 Å². The normalized spacial score (nSPS) is 19.9. The largest absolute Gasteiger partial charge is 0.444 e. The smallest absolute Gasteiger partial charge is 0.410 e. The summed E-state index contributed by atoms with van der Waals surface area (Å²) in [5.74, 6) is -0.0248. The number of nitrogens with zero attached hydrogens (tertiary/aromatic N) is 1. The minimum Gasteiger partial charge on any atom is -0.444 e. The molecule has 0 aliphatic carbocycles. The molecule has 1 saturated heterocycles. The van der Waals surface area contributed by atoms with Crippen molar-refractivity contribution in [3.05, 3.63) is 35.9 Å². The summed E-state index contributed by atoms with van der Waals surface area (Å²) in [5.41, 5.74) is 0.498. The van der Waals surface area contributed by atoms with Crippen molar-refractivity contribution in [2.45, 2.75) is 38.7 Å². The number of carbonyl (C=O) groups is 2. The summed E-state index contributed by atoms with van der Waals surface area (Å²) in [6.07, 6.45) is 0.250. The number of piperidine rings is 1. The molecule has 108 valence electrons. The summed E-state index contributed by atoms with van der Waals surface area (Å²) >= 11 is 0. The standard InChI is InChI=1S/C16H21NO3/c1-16(2,3)20-15(19)17-10-9-13(14(18)11-17)12-7-5-4-6-8-12/h4-8,13H,9-11H2,1-3H3/t13-/m0/s1. The Morgan fingerprint density at radius 2 is 1.90 bits per heavy atom. The molecule has 1 aliphatic heterocycles. The fourth-order valence-corrected chi connectivity index (χ4v) is 2.34. The van der Waals surface area contributed by atoms with Gasteiger partial charge in [-0.2, -0.15) is 0 Å². The number of rotatable bonds is 1. The second-order valence-corrected chi connectivity index (χ2v) is 6.12. The third kappa shape index (κ3) is 3.59. The van der Waals surface area contributed by atoms with Gasteiger partial charge in [0, 0.05) is 12.5 Å². The van der Waals surface area contributed by atoms with Gasteiger partial charge in [0.25, 0.3) is 0 Å². The minimum absolute atomic E-state index is 0.0771. The van der Waals surface area contributed by atoms with Crippen LogP contribution in [-0.2, 0) is 9.53 Å². The zero-order valence-corrected chi connectivity index (χ0v) is 12.3. The van der Waals surface area contributed by atoms with Crippen LogP contribution in [0.2, 0.25) is 0 Å². The van der Waals surface area contributed by atoms with E-state index in [-0.39, 0.29) is 18.2 Å². The maximum Gasteiger partial charge on any atom is 0.410 e. The van der Waals surface area contributed by atoms with Crippen LogP contribution in [0, 0.1) is 0 Å². The van der Waals surface area contributed by atoms with Crippen LogP contribution in [0.15, 0.2) is 30.3 Å². The molecule has 4 nitrogen and oxygen atoms in total. The first-order chi connectivity index (χ1) is 9.37. The number of ketones is 1. The Morgan fingerprint density at radius 1 is 1.25 bits per heavy atom. The number of hydrogen-bond acceptors (Lipinski definition) is 3. The molecule has 1 aromatic rings. The maximum absolute atomic E-state index is 12.2. The van der Waals surface area contributed by atoms with Gasteiger partial charge in [-0.25, -0.2) is 4.79 Å². The maximum atomic E-state index is 12.2. The number of benzene rings is 1. The van der Waals surface area contributed by atoms with Crippen molar-refractivity contribution >= 4 is 11.9 Å². The van der Waals surface area contributed by atoms with Crippen LogP contribution in [0.3, 0.4) is 0 Å². The van der Waals surface area contributed by atoms with Crippen LogP contribution >= 0.6 is 0 Å². The molecule has 1 aliphatic rings. The lowest BCUT2D eigenvalue weighted by Gasteiger charge is -2.32. The highest BCUT2D eigenvalue weighted by atomic mass is 16.6. The topological polar surface area (TPSA) is 46.6 Å². The van der Waals surface area contributed by atoms with E-state index in [1.165, 1.54) is 4.90 Å². The lowest BCUT2D eigenvalue weighted by atomic mass is 9.88. The molecule has 1 atom stereocenters. The average Bonchev–Trinajstić information content (AvgIpc) is 2.37. The Balaban J connectivity index is 1.99. The first kappa shape index (κ1) is 14.6. The van der Waals surface area contributed by atoms with E-state index < -0.39 is 11.7 Å². The van der Waals surface area contributed by atoms with Crippen LogP contribution in [0.25, 0.3) is 0 Å². The highest BCUT2D eigenvalue weighted by molar-refractivity contribution is 5.90. The number of carbonyl (C=O) groups excluding carboxylic acids is 2. The van der Waals surface area contributed by atoms with Gasteiger partial charge < -0.3 is 9.64 Å². The van der Waals surface area contributed by atoms with Gasteiger partial charge in [-0.15, -0.1) is 0 Å². The molecule has 0 saturated carbocycles. The summed E-state index contributed by atoms with van der Waals surface area (Å²) < 4.78 is 5.30. The van der Waals surface area contributed by atoms with Crippen LogP contribution in [0.1, 0.15) is 38.7 Å². The molecule has 1 fully saturated rings. The molecule has 4 heteroatoms. The lowest BCUT2D eigenvalue weighted by Crippen LogP contribution is -2.45. The van der Waals surface area contributed by atoms with Gasteiger partial charge in [0.05, 0.1) is 6.54 Å². The van der Waals surface area contributed by atoms with Gasteiger partial charge in [0.1, 0.15) is 5.60 Å². The fraction of sp³-hybridized carbons (Fsp3) is 0.500. The average molecular weight is 275 g/mol. The number of amides is 1. The first-order valence-electron chi connectivity index (χ1n) is 6.92. The number of hydrogen-bond donors (Lipinski definition) is 0. The molecular formula is C16H21NO3. The molecule has 1 heterocycles. The van der Waals surface area contributed by atoms with E-state index in [9.17, 15) is 9.59 Å².